The highest BCUT2D eigenvalue weighted by Crippen LogP contribution is 2.27. The van der Waals surface area contributed by atoms with Crippen LogP contribution in [-0.4, -0.2) is 24.6 Å². The summed E-state index contributed by atoms with van der Waals surface area (Å²) < 4.78 is 5.39. The predicted molar refractivity (Wildman–Crippen MR) is 62.0 cm³/mol. The molecule has 1 aliphatic heterocycles. The second kappa shape index (κ2) is 4.52. The van der Waals surface area contributed by atoms with Crippen LogP contribution in [0.15, 0.2) is 4.99 Å². The summed E-state index contributed by atoms with van der Waals surface area (Å²) in [5, 5.41) is 0. The Bertz CT molecular complexity index is 238. The Hall–Kier alpha value is -0.570. The van der Waals surface area contributed by atoms with Crippen molar-refractivity contribution in [3.8, 4) is 0 Å². The molecule has 86 valence electrons. The van der Waals surface area contributed by atoms with Crippen molar-refractivity contribution >= 4 is 5.84 Å². The normalized spacial score (nSPS) is 34.6. The van der Waals surface area contributed by atoms with Crippen molar-refractivity contribution in [3.63, 3.8) is 0 Å². The van der Waals surface area contributed by atoms with Gasteiger partial charge < -0.3 is 10.5 Å². The van der Waals surface area contributed by atoms with E-state index in [1.54, 1.807) is 0 Å². The van der Waals surface area contributed by atoms with Crippen LogP contribution < -0.4 is 5.73 Å². The minimum Gasteiger partial charge on any atom is -0.387 e. The molecule has 1 saturated heterocycles. The quantitative estimate of drug-likeness (QED) is 0.560. The molecule has 2 rings (SSSR count). The van der Waals surface area contributed by atoms with E-state index in [9.17, 15) is 0 Å². The van der Waals surface area contributed by atoms with Crippen LogP contribution >= 0.6 is 0 Å². The maximum atomic E-state index is 6.11. The Balaban J connectivity index is 1.98. The number of amidine groups is 1. The summed E-state index contributed by atoms with van der Waals surface area (Å²) in [5.41, 5.74) is 6.07. The number of hydrogen-bond acceptors (Lipinski definition) is 2. The van der Waals surface area contributed by atoms with Gasteiger partial charge in [-0.1, -0.05) is 19.3 Å². The molecule has 0 spiro atoms. The van der Waals surface area contributed by atoms with Crippen LogP contribution in [0.2, 0.25) is 0 Å². The summed E-state index contributed by atoms with van der Waals surface area (Å²) in [6.45, 7) is 3.72. The predicted octanol–water partition coefficient (Wildman–Crippen LogP) is 2.10. The summed E-state index contributed by atoms with van der Waals surface area (Å²) in [5.74, 6) is 1.42. The van der Waals surface area contributed by atoms with Gasteiger partial charge >= 0.3 is 0 Å². The van der Waals surface area contributed by atoms with Gasteiger partial charge in [-0.3, -0.25) is 4.99 Å². The first-order chi connectivity index (χ1) is 7.20. The van der Waals surface area contributed by atoms with Gasteiger partial charge in [0.25, 0.3) is 0 Å². The first-order valence-corrected chi connectivity index (χ1v) is 6.13. The number of nitrogens with two attached hydrogens (primary N) is 1. The average molecular weight is 210 g/mol. The molecule has 2 fully saturated rings. The molecule has 1 heterocycles. The van der Waals surface area contributed by atoms with E-state index in [0.29, 0.717) is 5.92 Å². The van der Waals surface area contributed by atoms with Gasteiger partial charge in [0.2, 0.25) is 0 Å². The van der Waals surface area contributed by atoms with Crippen molar-refractivity contribution in [1.29, 1.82) is 0 Å². The maximum Gasteiger partial charge on any atom is 0.0976 e. The minimum atomic E-state index is -0.0401. The molecule has 0 aromatic carbocycles. The topological polar surface area (TPSA) is 47.6 Å². The molecule has 3 nitrogen and oxygen atoms in total. The van der Waals surface area contributed by atoms with E-state index in [2.05, 4.69) is 6.92 Å². The number of ether oxygens (including phenoxy) is 1. The van der Waals surface area contributed by atoms with E-state index >= 15 is 0 Å². The summed E-state index contributed by atoms with van der Waals surface area (Å²) in [6.07, 6.45) is 7.46. The zero-order chi connectivity index (χ0) is 10.7. The van der Waals surface area contributed by atoms with Gasteiger partial charge in [0.1, 0.15) is 0 Å². The van der Waals surface area contributed by atoms with Gasteiger partial charge in [0.05, 0.1) is 18.0 Å². The smallest absolute Gasteiger partial charge is 0.0976 e. The summed E-state index contributed by atoms with van der Waals surface area (Å²) in [4.78, 5) is 4.70. The Morgan fingerprint density at radius 3 is 2.67 bits per heavy atom. The fourth-order valence-electron chi connectivity index (χ4n) is 2.55. The Morgan fingerprint density at radius 1 is 1.33 bits per heavy atom. The lowest BCUT2D eigenvalue weighted by atomic mass is 9.88. The van der Waals surface area contributed by atoms with Gasteiger partial charge in [-0.15, -0.1) is 0 Å². The third-order valence-electron chi connectivity index (χ3n) is 3.62. The van der Waals surface area contributed by atoms with Crippen molar-refractivity contribution in [1.82, 2.24) is 0 Å². The molecule has 1 atom stereocenters. The molecule has 2 aliphatic rings. The first-order valence-electron chi connectivity index (χ1n) is 6.13. The van der Waals surface area contributed by atoms with Crippen LogP contribution in [-0.2, 0) is 4.74 Å². The highest BCUT2D eigenvalue weighted by Gasteiger charge is 2.30. The first kappa shape index (κ1) is 10.9. The molecule has 0 amide bonds. The van der Waals surface area contributed by atoms with Crippen molar-refractivity contribution in [2.24, 2.45) is 16.6 Å². The number of rotatable bonds is 2. The largest absolute Gasteiger partial charge is 0.387 e. The van der Waals surface area contributed by atoms with Crippen molar-refractivity contribution in [3.05, 3.63) is 0 Å². The molecule has 15 heavy (non-hydrogen) atoms. The van der Waals surface area contributed by atoms with Gasteiger partial charge in [0.15, 0.2) is 0 Å². The van der Waals surface area contributed by atoms with E-state index < -0.39 is 0 Å². The summed E-state index contributed by atoms with van der Waals surface area (Å²) >= 11 is 0. The third-order valence-corrected chi connectivity index (χ3v) is 3.62. The molecule has 1 aliphatic carbocycles. The Morgan fingerprint density at radius 2 is 2.07 bits per heavy atom. The highest BCUT2D eigenvalue weighted by atomic mass is 16.5. The Labute approximate surface area is 92.1 Å². The number of nitrogens with zero attached hydrogens (tertiary/aromatic N) is 1. The molecule has 1 unspecified atom stereocenters. The monoisotopic (exact) mass is 210 g/mol. The number of aliphatic imine (C=N–C) groups is 1. The third kappa shape index (κ3) is 2.71. The van der Waals surface area contributed by atoms with Crippen molar-refractivity contribution < 1.29 is 4.74 Å². The lowest BCUT2D eigenvalue weighted by molar-refractivity contribution is 0.182. The molecule has 0 aromatic rings. The molecular formula is C12H22N2O. The fraction of sp³-hybridized carbons (Fsp3) is 0.917. The number of hydrogen-bond donors (Lipinski definition) is 1. The van der Waals surface area contributed by atoms with Crippen LogP contribution in [0.3, 0.4) is 0 Å². The van der Waals surface area contributed by atoms with E-state index in [1.807, 2.05) is 0 Å². The summed E-state index contributed by atoms with van der Waals surface area (Å²) in [7, 11) is 0. The molecular weight excluding hydrogens is 188 g/mol. The highest BCUT2D eigenvalue weighted by molar-refractivity contribution is 5.83. The second-order valence-electron chi connectivity index (χ2n) is 5.17. The zero-order valence-corrected chi connectivity index (χ0v) is 9.67. The lowest BCUT2D eigenvalue weighted by Crippen LogP contribution is -2.32. The molecule has 0 aromatic heterocycles. The van der Waals surface area contributed by atoms with Gasteiger partial charge in [-0.05, 0) is 26.2 Å². The van der Waals surface area contributed by atoms with Crippen LogP contribution in [0.1, 0.15) is 45.4 Å². The van der Waals surface area contributed by atoms with Crippen LogP contribution in [0.25, 0.3) is 0 Å². The van der Waals surface area contributed by atoms with Crippen LogP contribution in [0.5, 0.6) is 0 Å². The van der Waals surface area contributed by atoms with Crippen molar-refractivity contribution in [2.45, 2.75) is 51.0 Å². The second-order valence-corrected chi connectivity index (χ2v) is 5.17. The van der Waals surface area contributed by atoms with E-state index in [4.69, 9.17) is 15.5 Å². The van der Waals surface area contributed by atoms with Crippen molar-refractivity contribution in [2.75, 3.05) is 13.2 Å². The standard InChI is InChI=1S/C12H22N2O/c1-12(7-8-15-9-12)14-11(13)10-5-3-2-4-6-10/h10H,2-9H2,1H3,(H2,13,14). The van der Waals surface area contributed by atoms with Gasteiger partial charge in [0, 0.05) is 12.5 Å². The van der Waals surface area contributed by atoms with E-state index in [-0.39, 0.29) is 5.54 Å². The maximum absolute atomic E-state index is 6.11. The molecule has 0 radical (unpaired) electrons. The fourth-order valence-corrected chi connectivity index (χ4v) is 2.55. The van der Waals surface area contributed by atoms with Crippen LogP contribution in [0.4, 0.5) is 0 Å². The van der Waals surface area contributed by atoms with Gasteiger partial charge in [-0.25, -0.2) is 0 Å². The Kier molecular flexibility index (Phi) is 3.29. The average Bonchev–Trinajstić information content (AvgIpc) is 2.66. The van der Waals surface area contributed by atoms with E-state index in [1.165, 1.54) is 32.1 Å². The molecule has 0 bridgehead atoms. The van der Waals surface area contributed by atoms with E-state index in [0.717, 1.165) is 25.5 Å². The lowest BCUT2D eigenvalue weighted by Gasteiger charge is -2.24. The molecule has 2 N–H and O–H groups in total. The minimum absolute atomic E-state index is 0.0401. The zero-order valence-electron chi connectivity index (χ0n) is 9.67. The summed E-state index contributed by atoms with van der Waals surface area (Å²) in [6, 6.07) is 0. The van der Waals surface area contributed by atoms with Gasteiger partial charge in [-0.2, -0.15) is 0 Å². The molecule has 1 saturated carbocycles. The van der Waals surface area contributed by atoms with Crippen LogP contribution in [0, 0.1) is 5.92 Å². The molecule has 3 heteroatoms. The SMILES string of the molecule is CC1(N=C(N)C2CCCCC2)CCOC1.